The third kappa shape index (κ3) is 6.36. The van der Waals surface area contributed by atoms with Crippen LogP contribution in [-0.2, 0) is 4.79 Å². The maximum absolute atomic E-state index is 17.0. The molecule has 8 rings (SSSR count). The predicted molar refractivity (Wildman–Crippen MR) is 188 cm³/mol. The molecular formula is C39H39F5N6O3. The van der Waals surface area contributed by atoms with Gasteiger partial charge < -0.3 is 24.5 Å². The molecule has 0 spiro atoms. The molecule has 53 heavy (non-hydrogen) atoms. The Labute approximate surface area is 303 Å². The van der Waals surface area contributed by atoms with Crippen molar-refractivity contribution in [1.29, 1.82) is 0 Å². The van der Waals surface area contributed by atoms with Crippen molar-refractivity contribution < 1.29 is 36.6 Å². The summed E-state index contributed by atoms with van der Waals surface area (Å²) < 4.78 is 79.5. The van der Waals surface area contributed by atoms with Crippen LogP contribution in [-0.4, -0.2) is 93.4 Å². The van der Waals surface area contributed by atoms with E-state index in [1.54, 1.807) is 18.7 Å². The van der Waals surface area contributed by atoms with Gasteiger partial charge in [0, 0.05) is 67.4 Å². The zero-order valence-electron chi connectivity index (χ0n) is 29.4. The second-order valence-corrected chi connectivity index (χ2v) is 15.1. The molecule has 2 aromatic carbocycles. The molecule has 4 heterocycles. The number of carbonyl (C=O) groups is 1. The van der Waals surface area contributed by atoms with E-state index in [1.165, 1.54) is 36.9 Å². The summed E-state index contributed by atoms with van der Waals surface area (Å²) in [6.45, 7) is 6.76. The van der Waals surface area contributed by atoms with Crippen LogP contribution >= 0.6 is 0 Å². The summed E-state index contributed by atoms with van der Waals surface area (Å²) in [7, 11) is 0. The highest BCUT2D eigenvalue weighted by Crippen LogP contribution is 2.51. The van der Waals surface area contributed by atoms with E-state index in [0.29, 0.717) is 12.0 Å². The lowest BCUT2D eigenvalue weighted by molar-refractivity contribution is -0.191. The molecule has 2 saturated heterocycles. The maximum atomic E-state index is 17.0. The van der Waals surface area contributed by atoms with E-state index in [4.69, 9.17) is 16.1 Å². The summed E-state index contributed by atoms with van der Waals surface area (Å²) in [5.41, 5.74) is -0.590. The number of piperidine rings is 1. The third-order valence-corrected chi connectivity index (χ3v) is 11.5. The number of alkyl halides is 3. The molecule has 4 unspecified atom stereocenters. The van der Waals surface area contributed by atoms with E-state index in [0.717, 1.165) is 49.2 Å². The third-order valence-electron chi connectivity index (χ3n) is 11.5. The van der Waals surface area contributed by atoms with Gasteiger partial charge in [0.2, 0.25) is 0 Å². The molecule has 1 amide bonds. The van der Waals surface area contributed by atoms with Crippen LogP contribution in [0.25, 0.3) is 32.9 Å². The summed E-state index contributed by atoms with van der Waals surface area (Å²) in [6.07, 6.45) is 5.69. The highest BCUT2D eigenvalue weighted by Gasteiger charge is 2.51. The summed E-state index contributed by atoms with van der Waals surface area (Å²) in [4.78, 5) is 31.5. The van der Waals surface area contributed by atoms with Crippen LogP contribution in [0.15, 0.2) is 30.5 Å². The highest BCUT2D eigenvalue weighted by molar-refractivity contribution is 6.03. The van der Waals surface area contributed by atoms with Gasteiger partial charge in [0.25, 0.3) is 0 Å². The fraction of sp³-hybridized carbons (Fsp3) is 0.487. The Morgan fingerprint density at radius 2 is 1.75 bits per heavy atom. The molecule has 0 radical (unpaired) electrons. The number of rotatable bonds is 9. The number of pyridine rings is 1. The van der Waals surface area contributed by atoms with Gasteiger partial charge in [-0.05, 0) is 67.5 Å². The number of ether oxygens (including phenoxy) is 1. The molecule has 2 aliphatic carbocycles. The lowest BCUT2D eigenvalue weighted by Gasteiger charge is -2.47. The van der Waals surface area contributed by atoms with Crippen LogP contribution in [0.3, 0.4) is 0 Å². The number of fused-ring (bicyclic) bond motifs is 3. The number of benzene rings is 2. The van der Waals surface area contributed by atoms with Crippen molar-refractivity contribution in [2.45, 2.75) is 64.2 Å². The minimum atomic E-state index is -5.04. The van der Waals surface area contributed by atoms with Crippen molar-refractivity contribution in [3.05, 3.63) is 47.7 Å². The number of amides is 1. The van der Waals surface area contributed by atoms with Crippen LogP contribution in [0.1, 0.15) is 51.5 Å². The normalized spacial score (nSPS) is 23.7. The Morgan fingerprint density at radius 3 is 2.38 bits per heavy atom. The van der Waals surface area contributed by atoms with Crippen LogP contribution in [0.4, 0.5) is 27.8 Å². The molecule has 4 aliphatic rings. The fourth-order valence-corrected chi connectivity index (χ4v) is 8.47. The second-order valence-electron chi connectivity index (χ2n) is 15.1. The first-order valence-corrected chi connectivity index (χ1v) is 18.1. The fourth-order valence-electron chi connectivity index (χ4n) is 8.47. The van der Waals surface area contributed by atoms with Crippen molar-refractivity contribution in [2.75, 3.05) is 44.2 Å². The molecule has 2 aliphatic heterocycles. The van der Waals surface area contributed by atoms with E-state index < -0.39 is 35.8 Å². The predicted octanol–water partition coefficient (Wildman–Crippen LogP) is 6.69. The van der Waals surface area contributed by atoms with Crippen LogP contribution in [0.5, 0.6) is 11.8 Å². The molecule has 4 fully saturated rings. The van der Waals surface area contributed by atoms with Gasteiger partial charge in [-0.3, -0.25) is 9.78 Å². The number of aromatic hydroxyl groups is 1. The molecule has 2 aromatic heterocycles. The van der Waals surface area contributed by atoms with Crippen molar-refractivity contribution in [3.8, 4) is 35.4 Å². The SMILES string of the molecule is C#Cc1c(F)ccc2cc(O)cc(-c3ncc4c(N5CC(CC)N(C(=O)C(F)(F)F)C(CC)C5)nc(OCC5(CN6CC7CC7C6)CC5)nc4c3F)c12. The van der Waals surface area contributed by atoms with Gasteiger partial charge in [-0.15, -0.1) is 6.42 Å². The van der Waals surface area contributed by atoms with Crippen molar-refractivity contribution in [2.24, 2.45) is 17.3 Å². The van der Waals surface area contributed by atoms with Gasteiger partial charge in [-0.25, -0.2) is 8.78 Å². The number of carbonyl (C=O) groups excluding carboxylic acids is 1. The van der Waals surface area contributed by atoms with Crippen molar-refractivity contribution in [3.63, 3.8) is 0 Å². The summed E-state index contributed by atoms with van der Waals surface area (Å²) in [6, 6.07) is 3.51. The van der Waals surface area contributed by atoms with Gasteiger partial charge in [0.15, 0.2) is 5.82 Å². The summed E-state index contributed by atoms with van der Waals surface area (Å²) >= 11 is 0. The maximum Gasteiger partial charge on any atom is 0.471 e. The summed E-state index contributed by atoms with van der Waals surface area (Å²) in [5.74, 6) is 0.389. The zero-order valence-corrected chi connectivity index (χ0v) is 29.4. The Balaban J connectivity index is 1.22. The Hall–Kier alpha value is -4.77. The second kappa shape index (κ2) is 13.0. The van der Waals surface area contributed by atoms with Gasteiger partial charge in [0.1, 0.15) is 28.6 Å². The number of anilines is 1. The molecule has 9 nitrogen and oxygen atoms in total. The molecule has 1 N–H and O–H groups in total. The minimum absolute atomic E-state index is 0.00697. The van der Waals surface area contributed by atoms with Gasteiger partial charge in [0.05, 0.1) is 17.6 Å². The molecular weight excluding hydrogens is 695 g/mol. The molecule has 4 atom stereocenters. The number of piperazine rings is 1. The lowest BCUT2D eigenvalue weighted by atomic mass is 9.95. The molecule has 14 heteroatoms. The first kappa shape index (κ1) is 35.3. The van der Waals surface area contributed by atoms with Crippen molar-refractivity contribution >= 4 is 33.4 Å². The number of phenols is 1. The molecule has 4 aromatic rings. The van der Waals surface area contributed by atoms with E-state index >= 15 is 4.39 Å². The molecule has 278 valence electrons. The van der Waals surface area contributed by atoms with Crippen molar-refractivity contribution in [1.82, 2.24) is 24.8 Å². The number of halogens is 5. The van der Waals surface area contributed by atoms with E-state index in [2.05, 4.69) is 20.8 Å². The average Bonchev–Trinajstić information content (AvgIpc) is 4.04. The topological polar surface area (TPSA) is 94.9 Å². The number of terminal acetylenes is 1. The first-order chi connectivity index (χ1) is 25.3. The van der Waals surface area contributed by atoms with E-state index in [1.807, 2.05) is 0 Å². The van der Waals surface area contributed by atoms with Gasteiger partial charge in [-0.1, -0.05) is 25.8 Å². The quantitative estimate of drug-likeness (QED) is 0.150. The first-order valence-electron chi connectivity index (χ1n) is 18.1. The Morgan fingerprint density at radius 1 is 1.06 bits per heavy atom. The number of phenolic OH excluding ortho intramolecular Hbond substituents is 1. The number of aromatic nitrogens is 3. The standard InChI is InChI=1S/C39H39F5N6O3/c1-4-24-17-49(18-25(5-2)50(24)36(52)39(42,43)44)35-29-14-45-33(28-13-26(51)12-21-7-8-30(40)27(6-3)31(21)28)32(41)34(29)46-37(47-35)53-20-38(9-10-38)19-48-15-22-11-23(22)16-48/h3,7-8,12-14,22-25,51H,4-5,9-11,15-20H2,1-2H3. The minimum Gasteiger partial charge on any atom is -0.508 e. The van der Waals surface area contributed by atoms with Gasteiger partial charge in [-0.2, -0.15) is 23.1 Å². The zero-order chi connectivity index (χ0) is 37.4. The monoisotopic (exact) mass is 734 g/mol. The Bertz CT molecular complexity index is 2140. The van der Waals surface area contributed by atoms with E-state index in [9.17, 15) is 27.5 Å². The van der Waals surface area contributed by atoms with Crippen LogP contribution < -0.4 is 9.64 Å². The van der Waals surface area contributed by atoms with Crippen LogP contribution in [0.2, 0.25) is 0 Å². The average molecular weight is 735 g/mol. The molecule has 2 saturated carbocycles. The van der Waals surface area contributed by atoms with Crippen LogP contribution in [0, 0.1) is 41.2 Å². The number of likely N-dealkylation sites (tertiary alicyclic amines) is 1. The number of hydrogen-bond acceptors (Lipinski definition) is 8. The Kier molecular flexibility index (Phi) is 8.63. The smallest absolute Gasteiger partial charge is 0.471 e. The van der Waals surface area contributed by atoms with Gasteiger partial charge >= 0.3 is 18.1 Å². The number of hydrogen-bond donors (Lipinski definition) is 1. The van der Waals surface area contributed by atoms with E-state index in [-0.39, 0.29) is 82.0 Å². The molecule has 0 bridgehead atoms. The lowest BCUT2D eigenvalue weighted by Crippen LogP contribution is -2.63. The summed E-state index contributed by atoms with van der Waals surface area (Å²) in [5, 5.41) is 11.3. The largest absolute Gasteiger partial charge is 0.508 e. The highest BCUT2D eigenvalue weighted by atomic mass is 19.4. The number of nitrogens with zero attached hydrogens (tertiary/aromatic N) is 6.